The van der Waals surface area contributed by atoms with Crippen molar-refractivity contribution in [1.82, 2.24) is 20.1 Å². The molecule has 0 atom stereocenters. The fourth-order valence-corrected chi connectivity index (χ4v) is 1.46. The van der Waals surface area contributed by atoms with Gasteiger partial charge in [-0.05, 0) is 30.7 Å². The zero-order valence-corrected chi connectivity index (χ0v) is 9.63. The van der Waals surface area contributed by atoms with Gasteiger partial charge in [0.25, 0.3) is 0 Å². The average molecular weight is 230 g/mol. The molecular formula is C12H14N4O. The molecule has 2 heterocycles. The van der Waals surface area contributed by atoms with Gasteiger partial charge >= 0.3 is 0 Å². The molecule has 0 bridgehead atoms. The summed E-state index contributed by atoms with van der Waals surface area (Å²) in [5.74, 6) is -0.0476. The lowest BCUT2D eigenvalue weighted by molar-refractivity contribution is -0.122. The highest BCUT2D eigenvalue weighted by Crippen LogP contribution is 1.97. The second-order valence-electron chi connectivity index (χ2n) is 3.76. The summed E-state index contributed by atoms with van der Waals surface area (Å²) in [6, 6.07) is 5.62. The average Bonchev–Trinajstić information content (AvgIpc) is 2.74. The molecule has 0 saturated carbocycles. The van der Waals surface area contributed by atoms with E-state index in [4.69, 9.17) is 0 Å². The van der Waals surface area contributed by atoms with Gasteiger partial charge in [0.05, 0.1) is 0 Å². The maximum atomic E-state index is 11.6. The molecule has 0 aliphatic heterocycles. The number of carbonyl (C=O) groups excluding carboxylic acids is 1. The summed E-state index contributed by atoms with van der Waals surface area (Å²) < 4.78 is 1.67. The van der Waals surface area contributed by atoms with Crippen LogP contribution in [0.2, 0.25) is 0 Å². The van der Waals surface area contributed by atoms with E-state index in [0.717, 1.165) is 11.3 Å². The lowest BCUT2D eigenvalue weighted by Crippen LogP contribution is -2.27. The molecule has 0 saturated heterocycles. The Bertz CT molecular complexity index is 492. The third-order valence-corrected chi connectivity index (χ3v) is 2.46. The van der Waals surface area contributed by atoms with E-state index in [1.807, 2.05) is 25.1 Å². The Balaban J connectivity index is 1.85. The van der Waals surface area contributed by atoms with Crippen LogP contribution in [0.25, 0.3) is 0 Å². The summed E-state index contributed by atoms with van der Waals surface area (Å²) in [6.45, 7) is 2.69. The summed E-state index contributed by atoms with van der Waals surface area (Å²) in [5, 5.41) is 6.89. The van der Waals surface area contributed by atoms with Crippen LogP contribution in [0, 0.1) is 6.92 Å². The normalized spacial score (nSPS) is 10.2. The van der Waals surface area contributed by atoms with Gasteiger partial charge in [0.1, 0.15) is 6.54 Å². The van der Waals surface area contributed by atoms with E-state index < -0.39 is 0 Å². The summed E-state index contributed by atoms with van der Waals surface area (Å²) in [7, 11) is 0. The Kier molecular flexibility index (Phi) is 3.49. The largest absolute Gasteiger partial charge is 0.350 e. The van der Waals surface area contributed by atoms with E-state index in [1.165, 1.54) is 0 Å². The lowest BCUT2D eigenvalue weighted by Gasteiger charge is -2.06. The highest BCUT2D eigenvalue weighted by Gasteiger charge is 2.04. The Morgan fingerprint density at radius 2 is 2.06 bits per heavy atom. The quantitative estimate of drug-likeness (QED) is 0.849. The van der Waals surface area contributed by atoms with Crippen molar-refractivity contribution in [1.29, 1.82) is 0 Å². The number of pyridine rings is 1. The number of nitrogens with zero attached hydrogens (tertiary/aromatic N) is 3. The Labute approximate surface area is 99.5 Å². The number of aryl methyl sites for hydroxylation is 1. The number of nitrogens with one attached hydrogen (secondary N) is 1. The van der Waals surface area contributed by atoms with Crippen molar-refractivity contribution >= 4 is 5.91 Å². The second kappa shape index (κ2) is 5.25. The van der Waals surface area contributed by atoms with Crippen molar-refractivity contribution in [2.24, 2.45) is 0 Å². The number of rotatable bonds is 4. The molecule has 0 fully saturated rings. The van der Waals surface area contributed by atoms with Crippen molar-refractivity contribution in [2.45, 2.75) is 20.0 Å². The first-order valence-electron chi connectivity index (χ1n) is 5.40. The summed E-state index contributed by atoms with van der Waals surface area (Å²) in [4.78, 5) is 15.6. The van der Waals surface area contributed by atoms with E-state index in [0.29, 0.717) is 6.54 Å². The van der Waals surface area contributed by atoms with Crippen LogP contribution in [0.4, 0.5) is 0 Å². The number of aromatic nitrogens is 3. The van der Waals surface area contributed by atoms with Crippen molar-refractivity contribution in [3.8, 4) is 0 Å². The molecule has 0 spiro atoms. The SMILES string of the molecule is Cc1ccnn1CC(=O)NCc1ccncc1. The molecule has 88 valence electrons. The molecule has 0 radical (unpaired) electrons. The van der Waals surface area contributed by atoms with Gasteiger partial charge in [-0.15, -0.1) is 0 Å². The van der Waals surface area contributed by atoms with Gasteiger partial charge < -0.3 is 5.32 Å². The molecule has 2 aromatic rings. The van der Waals surface area contributed by atoms with Gasteiger partial charge in [-0.25, -0.2) is 0 Å². The molecule has 0 aliphatic carbocycles. The highest BCUT2D eigenvalue weighted by molar-refractivity contribution is 5.75. The standard InChI is InChI=1S/C12H14N4O/c1-10-2-7-15-16(10)9-12(17)14-8-11-3-5-13-6-4-11/h2-7H,8-9H2,1H3,(H,14,17). The van der Waals surface area contributed by atoms with Crippen LogP contribution in [0.3, 0.4) is 0 Å². The first kappa shape index (κ1) is 11.3. The molecule has 0 unspecified atom stereocenters. The molecule has 0 aromatic carbocycles. The molecule has 0 aliphatic rings. The monoisotopic (exact) mass is 230 g/mol. The minimum absolute atomic E-state index is 0.0476. The number of amides is 1. The third kappa shape index (κ3) is 3.14. The minimum atomic E-state index is -0.0476. The fraction of sp³-hybridized carbons (Fsp3) is 0.250. The van der Waals surface area contributed by atoms with Crippen LogP contribution in [0.1, 0.15) is 11.3 Å². The number of hydrogen-bond acceptors (Lipinski definition) is 3. The smallest absolute Gasteiger partial charge is 0.242 e. The maximum Gasteiger partial charge on any atom is 0.242 e. The third-order valence-electron chi connectivity index (χ3n) is 2.46. The van der Waals surface area contributed by atoms with Crippen LogP contribution in [0.15, 0.2) is 36.8 Å². The Morgan fingerprint density at radius 3 is 2.71 bits per heavy atom. The van der Waals surface area contributed by atoms with E-state index in [2.05, 4.69) is 15.4 Å². The van der Waals surface area contributed by atoms with Gasteiger partial charge in [-0.2, -0.15) is 5.10 Å². The van der Waals surface area contributed by atoms with Gasteiger partial charge in [0.2, 0.25) is 5.91 Å². The van der Waals surface area contributed by atoms with Crippen molar-refractivity contribution in [2.75, 3.05) is 0 Å². The molecular weight excluding hydrogens is 216 g/mol. The summed E-state index contributed by atoms with van der Waals surface area (Å²) >= 11 is 0. The fourth-order valence-electron chi connectivity index (χ4n) is 1.46. The van der Waals surface area contributed by atoms with Crippen molar-refractivity contribution in [3.63, 3.8) is 0 Å². The highest BCUT2D eigenvalue weighted by atomic mass is 16.2. The van der Waals surface area contributed by atoms with Gasteiger partial charge in [0.15, 0.2) is 0 Å². The van der Waals surface area contributed by atoms with Gasteiger partial charge in [0, 0.05) is 30.8 Å². The zero-order chi connectivity index (χ0) is 12.1. The minimum Gasteiger partial charge on any atom is -0.350 e. The molecule has 17 heavy (non-hydrogen) atoms. The number of hydrogen-bond donors (Lipinski definition) is 1. The zero-order valence-electron chi connectivity index (χ0n) is 9.63. The maximum absolute atomic E-state index is 11.6. The summed E-state index contributed by atoms with van der Waals surface area (Å²) in [5.41, 5.74) is 2.01. The van der Waals surface area contributed by atoms with E-state index in [1.54, 1.807) is 23.3 Å². The Hall–Kier alpha value is -2.17. The van der Waals surface area contributed by atoms with Crippen LogP contribution in [0.5, 0.6) is 0 Å². The van der Waals surface area contributed by atoms with E-state index >= 15 is 0 Å². The van der Waals surface area contributed by atoms with Crippen molar-refractivity contribution < 1.29 is 4.79 Å². The van der Waals surface area contributed by atoms with Crippen LogP contribution in [-0.2, 0) is 17.9 Å². The molecule has 5 heteroatoms. The molecule has 2 rings (SSSR count). The first-order chi connectivity index (χ1) is 8.25. The predicted molar refractivity (Wildman–Crippen MR) is 63.0 cm³/mol. The second-order valence-corrected chi connectivity index (χ2v) is 3.76. The first-order valence-corrected chi connectivity index (χ1v) is 5.40. The van der Waals surface area contributed by atoms with E-state index in [-0.39, 0.29) is 12.5 Å². The predicted octanol–water partition coefficient (Wildman–Crippen LogP) is 0.903. The molecule has 1 amide bonds. The molecule has 5 nitrogen and oxygen atoms in total. The van der Waals surface area contributed by atoms with Gasteiger partial charge in [-0.1, -0.05) is 0 Å². The molecule has 2 aromatic heterocycles. The van der Waals surface area contributed by atoms with Crippen LogP contribution < -0.4 is 5.32 Å². The molecule has 1 N–H and O–H groups in total. The van der Waals surface area contributed by atoms with Crippen LogP contribution >= 0.6 is 0 Å². The van der Waals surface area contributed by atoms with E-state index in [9.17, 15) is 4.79 Å². The van der Waals surface area contributed by atoms with Gasteiger partial charge in [-0.3, -0.25) is 14.5 Å². The number of carbonyl (C=O) groups is 1. The Morgan fingerprint density at radius 1 is 1.29 bits per heavy atom. The lowest BCUT2D eigenvalue weighted by atomic mass is 10.3. The summed E-state index contributed by atoms with van der Waals surface area (Å²) in [6.07, 6.45) is 5.10. The van der Waals surface area contributed by atoms with Crippen LogP contribution in [-0.4, -0.2) is 20.7 Å². The topological polar surface area (TPSA) is 59.8 Å². The van der Waals surface area contributed by atoms with Crippen molar-refractivity contribution in [3.05, 3.63) is 48.0 Å².